The maximum Gasteiger partial charge on any atom is 0.337 e. The second kappa shape index (κ2) is 12.4. The van der Waals surface area contributed by atoms with Crippen LogP contribution >= 0.6 is 0 Å². The van der Waals surface area contributed by atoms with E-state index in [9.17, 15) is 14.4 Å². The summed E-state index contributed by atoms with van der Waals surface area (Å²) in [5, 5.41) is 9.39. The quantitative estimate of drug-likeness (QED) is 0.208. The third kappa shape index (κ3) is 6.40. The normalized spacial score (nSPS) is 14.9. The molecule has 0 fully saturated rings. The fourth-order valence-electron chi connectivity index (χ4n) is 4.67. The van der Waals surface area contributed by atoms with E-state index in [2.05, 4.69) is 50.0 Å². The first-order valence-corrected chi connectivity index (χ1v) is 12.9. The highest BCUT2D eigenvalue weighted by Crippen LogP contribution is 2.34. The van der Waals surface area contributed by atoms with Crippen molar-refractivity contribution in [3.8, 4) is 17.2 Å². The third-order valence-corrected chi connectivity index (χ3v) is 6.71. The van der Waals surface area contributed by atoms with Crippen LogP contribution in [0.3, 0.4) is 0 Å². The van der Waals surface area contributed by atoms with Gasteiger partial charge in [-0.2, -0.15) is 5.10 Å². The Bertz CT molecular complexity index is 1540. The number of aryl methyl sites for hydroxylation is 2. The number of hydrazone groups is 1. The van der Waals surface area contributed by atoms with Gasteiger partial charge in [0, 0.05) is 28.3 Å². The molecule has 1 atom stereocenters. The monoisotopic (exact) mass is 559 g/mol. The Morgan fingerprint density at radius 1 is 1.02 bits per heavy atom. The molecule has 3 aromatic rings. The van der Waals surface area contributed by atoms with Gasteiger partial charge in [-0.25, -0.2) is 15.0 Å². The number of urea groups is 1. The van der Waals surface area contributed by atoms with Crippen molar-refractivity contribution in [2.24, 2.45) is 5.10 Å². The fraction of sp³-hybridized carbons (Fsp3) is 0.267. The molecule has 0 saturated carbocycles. The van der Waals surface area contributed by atoms with E-state index in [0.29, 0.717) is 22.8 Å². The number of nitrogens with zero attached hydrogens (tertiary/aromatic N) is 2. The maximum atomic E-state index is 12.4. The summed E-state index contributed by atoms with van der Waals surface area (Å²) in [5.41, 5.74) is 8.87. The zero-order valence-corrected chi connectivity index (χ0v) is 23.8. The standard InChI is InChI=1S/C30H33N5O6/c1-17-7-10-23(11-8-17)35-18(2)13-22(20(35)4)15-31-34-26(36)16-41-24-12-9-21(14-25(24)39-5)28-27(29(37)40-6)19(3)32-30(38)33-28/h7-15,28H,16H2,1-6H3,(H,34,36)(H2,32,33,38)/b31-15-/t28-/m1/s1. The van der Waals surface area contributed by atoms with Gasteiger partial charge < -0.3 is 29.4 Å². The number of carbonyl (C=O) groups is 3. The number of nitrogens with one attached hydrogen (secondary N) is 3. The lowest BCUT2D eigenvalue weighted by molar-refractivity contribution is -0.136. The summed E-state index contributed by atoms with van der Waals surface area (Å²) in [7, 11) is 2.72. The van der Waals surface area contributed by atoms with Gasteiger partial charge in [-0.3, -0.25) is 4.79 Å². The highest BCUT2D eigenvalue weighted by molar-refractivity contribution is 5.95. The number of ether oxygens (including phenoxy) is 3. The predicted octanol–water partition coefficient (Wildman–Crippen LogP) is 3.74. The summed E-state index contributed by atoms with van der Waals surface area (Å²) in [4.78, 5) is 36.9. The number of rotatable bonds is 9. The van der Waals surface area contributed by atoms with Crippen molar-refractivity contribution < 1.29 is 28.6 Å². The zero-order valence-electron chi connectivity index (χ0n) is 23.8. The van der Waals surface area contributed by atoms with Crippen molar-refractivity contribution >= 4 is 24.1 Å². The number of hydrogen-bond acceptors (Lipinski definition) is 7. The highest BCUT2D eigenvalue weighted by Gasteiger charge is 2.32. The molecule has 4 rings (SSSR count). The Hall–Kier alpha value is -5.06. The van der Waals surface area contributed by atoms with E-state index < -0.39 is 23.9 Å². The van der Waals surface area contributed by atoms with Gasteiger partial charge >= 0.3 is 12.0 Å². The van der Waals surface area contributed by atoms with Crippen LogP contribution in [0.25, 0.3) is 5.69 Å². The Labute approximate surface area is 238 Å². The van der Waals surface area contributed by atoms with Gasteiger partial charge in [-0.05, 0) is 63.6 Å². The van der Waals surface area contributed by atoms with Gasteiger partial charge in [-0.1, -0.05) is 23.8 Å². The number of allylic oxidation sites excluding steroid dienone is 1. The summed E-state index contributed by atoms with van der Waals surface area (Å²) >= 11 is 0. The molecule has 0 aliphatic carbocycles. The van der Waals surface area contributed by atoms with Gasteiger partial charge in [0.1, 0.15) is 0 Å². The van der Waals surface area contributed by atoms with E-state index in [1.165, 1.54) is 19.8 Å². The first kappa shape index (κ1) is 28.9. The molecule has 3 amide bonds. The van der Waals surface area contributed by atoms with E-state index in [1.807, 2.05) is 26.8 Å². The molecule has 11 heteroatoms. The van der Waals surface area contributed by atoms with Crippen LogP contribution in [-0.2, 0) is 14.3 Å². The number of amides is 3. The second-order valence-electron chi connectivity index (χ2n) is 9.55. The molecule has 1 aliphatic rings. The van der Waals surface area contributed by atoms with Crippen molar-refractivity contribution in [3.05, 3.63) is 87.9 Å². The first-order chi connectivity index (χ1) is 19.6. The lowest BCUT2D eigenvalue weighted by atomic mass is 9.95. The molecule has 11 nitrogen and oxygen atoms in total. The second-order valence-corrected chi connectivity index (χ2v) is 9.55. The molecule has 0 radical (unpaired) electrons. The number of aromatic nitrogens is 1. The van der Waals surface area contributed by atoms with Crippen molar-refractivity contribution in [3.63, 3.8) is 0 Å². The molecule has 1 aliphatic heterocycles. The summed E-state index contributed by atoms with van der Waals surface area (Å²) in [5.74, 6) is -0.417. The number of hydrogen-bond donors (Lipinski definition) is 3. The molecule has 0 unspecified atom stereocenters. The average molecular weight is 560 g/mol. The minimum Gasteiger partial charge on any atom is -0.493 e. The summed E-state index contributed by atoms with van der Waals surface area (Å²) in [6.45, 7) is 7.37. The van der Waals surface area contributed by atoms with E-state index >= 15 is 0 Å². The van der Waals surface area contributed by atoms with Crippen molar-refractivity contribution in [2.75, 3.05) is 20.8 Å². The van der Waals surface area contributed by atoms with Crippen LogP contribution in [0.1, 0.15) is 41.0 Å². The molecule has 2 heterocycles. The minimum absolute atomic E-state index is 0.264. The molecule has 0 bridgehead atoms. The smallest absolute Gasteiger partial charge is 0.337 e. The Kier molecular flexibility index (Phi) is 8.76. The Balaban J connectivity index is 1.41. The predicted molar refractivity (Wildman–Crippen MR) is 153 cm³/mol. The highest BCUT2D eigenvalue weighted by atomic mass is 16.5. The fourth-order valence-corrected chi connectivity index (χ4v) is 4.67. The van der Waals surface area contributed by atoms with Crippen LogP contribution in [0, 0.1) is 20.8 Å². The van der Waals surface area contributed by atoms with Crippen LogP contribution in [0.5, 0.6) is 11.5 Å². The van der Waals surface area contributed by atoms with E-state index in [0.717, 1.165) is 22.6 Å². The molecule has 0 saturated heterocycles. The molecule has 214 valence electrons. The Morgan fingerprint density at radius 3 is 2.44 bits per heavy atom. The van der Waals surface area contributed by atoms with Crippen molar-refractivity contribution in [1.29, 1.82) is 0 Å². The zero-order chi connectivity index (χ0) is 29.7. The summed E-state index contributed by atoms with van der Waals surface area (Å²) < 4.78 is 18.1. The van der Waals surface area contributed by atoms with E-state index in [-0.39, 0.29) is 12.2 Å². The minimum atomic E-state index is -0.759. The van der Waals surface area contributed by atoms with E-state index in [4.69, 9.17) is 14.2 Å². The van der Waals surface area contributed by atoms with Crippen molar-refractivity contribution in [1.82, 2.24) is 20.6 Å². The largest absolute Gasteiger partial charge is 0.493 e. The topological polar surface area (TPSA) is 132 Å². The van der Waals surface area contributed by atoms with Gasteiger partial charge in [0.05, 0.1) is 32.0 Å². The number of esters is 1. The number of carbonyl (C=O) groups excluding carboxylic acids is 3. The molecule has 2 aromatic carbocycles. The summed E-state index contributed by atoms with van der Waals surface area (Å²) in [6.07, 6.45) is 1.60. The van der Waals surface area contributed by atoms with Gasteiger partial charge in [0.2, 0.25) is 0 Å². The third-order valence-electron chi connectivity index (χ3n) is 6.71. The van der Waals surface area contributed by atoms with Crippen LogP contribution in [0.2, 0.25) is 0 Å². The summed E-state index contributed by atoms with van der Waals surface area (Å²) in [6, 6.07) is 13.9. The van der Waals surface area contributed by atoms with Crippen LogP contribution in [0.15, 0.2) is 64.9 Å². The molecule has 3 N–H and O–H groups in total. The number of benzene rings is 2. The van der Waals surface area contributed by atoms with Crippen LogP contribution < -0.4 is 25.5 Å². The lowest BCUT2D eigenvalue weighted by Crippen LogP contribution is -2.45. The first-order valence-electron chi connectivity index (χ1n) is 12.9. The molecule has 41 heavy (non-hydrogen) atoms. The Morgan fingerprint density at radius 2 is 1.76 bits per heavy atom. The molecule has 1 aromatic heterocycles. The number of methoxy groups -OCH3 is 2. The average Bonchev–Trinajstić information content (AvgIpc) is 3.23. The maximum absolute atomic E-state index is 12.4. The molecular formula is C30H33N5O6. The van der Waals surface area contributed by atoms with E-state index in [1.54, 1.807) is 31.3 Å². The van der Waals surface area contributed by atoms with Gasteiger partial charge in [0.25, 0.3) is 5.91 Å². The lowest BCUT2D eigenvalue weighted by Gasteiger charge is -2.28. The van der Waals surface area contributed by atoms with Crippen LogP contribution in [0.4, 0.5) is 4.79 Å². The molecular weight excluding hydrogens is 526 g/mol. The van der Waals surface area contributed by atoms with Crippen molar-refractivity contribution in [2.45, 2.75) is 33.7 Å². The van der Waals surface area contributed by atoms with Gasteiger partial charge in [-0.15, -0.1) is 0 Å². The molecule has 0 spiro atoms. The van der Waals surface area contributed by atoms with Gasteiger partial charge in [0.15, 0.2) is 18.1 Å². The SMILES string of the molecule is COC(=O)C1=C(C)NC(=O)N[C@@H]1c1ccc(OCC(=O)N/N=C\c2cc(C)n(-c3ccc(C)cc3)c2C)c(OC)c1. The van der Waals surface area contributed by atoms with Crippen LogP contribution in [-0.4, -0.2) is 49.5 Å².